The topological polar surface area (TPSA) is 86.7 Å². The predicted molar refractivity (Wildman–Crippen MR) is 138 cm³/mol. The molecule has 4 aliphatic carbocycles. The van der Waals surface area contributed by atoms with E-state index in [1.165, 1.54) is 32.1 Å². The van der Waals surface area contributed by atoms with Gasteiger partial charge < -0.3 is 10.0 Å². The third-order valence-corrected chi connectivity index (χ3v) is 12.7. The monoisotopic (exact) mass is 506 g/mol. The number of allylic oxidation sites excluding steroid dienone is 1. The summed E-state index contributed by atoms with van der Waals surface area (Å²) in [5.74, 6) is 3.59. The number of nitrogens with zero attached hydrogens (tertiary/aromatic N) is 1. The first kappa shape index (κ1) is 25.7. The second-order valence-electron chi connectivity index (χ2n) is 13.0. The van der Waals surface area contributed by atoms with Crippen molar-refractivity contribution in [3.8, 4) is 0 Å². The van der Waals surface area contributed by atoms with Crippen molar-refractivity contribution in [2.24, 2.45) is 40.4 Å². The molecule has 198 valence electrons. The number of aliphatic hydroxyl groups excluding tert-OH is 1. The van der Waals surface area contributed by atoms with Crippen LogP contribution in [0.3, 0.4) is 0 Å². The van der Waals surface area contributed by atoms with E-state index in [4.69, 9.17) is 0 Å². The highest BCUT2D eigenvalue weighted by atomic mass is 32.2. The molecule has 5 rings (SSSR count). The number of fused-ring (bicyclic) bond motifs is 5. The van der Waals surface area contributed by atoms with Crippen LogP contribution in [0.4, 0.5) is 0 Å². The van der Waals surface area contributed by atoms with Crippen molar-refractivity contribution in [2.75, 3.05) is 25.4 Å². The van der Waals surface area contributed by atoms with Crippen molar-refractivity contribution in [1.29, 1.82) is 0 Å². The van der Waals surface area contributed by atoms with Gasteiger partial charge in [0.05, 0.1) is 11.9 Å². The second-order valence-corrected chi connectivity index (χ2v) is 14.9. The van der Waals surface area contributed by atoms with Gasteiger partial charge in [-0.3, -0.25) is 4.79 Å². The zero-order valence-corrected chi connectivity index (χ0v) is 22.8. The highest BCUT2D eigenvalue weighted by Crippen LogP contribution is 2.67. The Labute approximate surface area is 212 Å². The Hall–Kier alpha value is -0.920. The summed E-state index contributed by atoms with van der Waals surface area (Å²) in [6.45, 7) is 8.51. The molecular formula is C28H46N2O4S. The summed E-state index contributed by atoms with van der Waals surface area (Å²) in [6.07, 6.45) is 13.1. The largest absolute Gasteiger partial charge is 0.393 e. The van der Waals surface area contributed by atoms with Crippen LogP contribution in [0.1, 0.15) is 85.0 Å². The fraction of sp³-hybridized carbons (Fsp3) is 0.893. The van der Waals surface area contributed by atoms with Gasteiger partial charge in [-0.25, -0.2) is 13.1 Å². The van der Waals surface area contributed by atoms with Crippen LogP contribution in [0, 0.1) is 40.4 Å². The van der Waals surface area contributed by atoms with E-state index >= 15 is 0 Å². The van der Waals surface area contributed by atoms with Crippen molar-refractivity contribution >= 4 is 15.9 Å². The lowest BCUT2D eigenvalue weighted by atomic mass is 9.47. The summed E-state index contributed by atoms with van der Waals surface area (Å²) in [4.78, 5) is 14.6. The van der Waals surface area contributed by atoms with E-state index in [1.807, 2.05) is 0 Å². The molecule has 1 amide bonds. The molecule has 3 saturated carbocycles. The molecule has 6 nitrogen and oxygen atoms in total. The van der Waals surface area contributed by atoms with Crippen molar-refractivity contribution in [3.05, 3.63) is 11.6 Å². The molecule has 4 fully saturated rings. The third-order valence-electron chi connectivity index (χ3n) is 11.3. The Morgan fingerprint density at radius 2 is 1.97 bits per heavy atom. The van der Waals surface area contributed by atoms with E-state index in [2.05, 4.69) is 31.6 Å². The molecule has 1 aliphatic heterocycles. The Bertz CT molecular complexity index is 964. The number of carbonyl (C=O) groups excluding carboxylic acids is 1. The number of nitrogens with one attached hydrogen (secondary N) is 1. The summed E-state index contributed by atoms with van der Waals surface area (Å²) in [7, 11) is -3.24. The molecule has 0 aromatic heterocycles. The number of hydrogen-bond donors (Lipinski definition) is 2. The molecule has 2 N–H and O–H groups in total. The Morgan fingerprint density at radius 3 is 2.77 bits per heavy atom. The minimum Gasteiger partial charge on any atom is -0.393 e. The Kier molecular flexibility index (Phi) is 6.93. The smallest absolute Gasteiger partial charge is 0.222 e. The van der Waals surface area contributed by atoms with Crippen molar-refractivity contribution in [1.82, 2.24) is 9.62 Å². The van der Waals surface area contributed by atoms with Gasteiger partial charge in [0.25, 0.3) is 0 Å². The van der Waals surface area contributed by atoms with Gasteiger partial charge in [-0.05, 0) is 98.2 Å². The molecule has 1 heterocycles. The fourth-order valence-corrected chi connectivity index (χ4v) is 10.3. The average Bonchev–Trinajstić information content (AvgIpc) is 3.06. The van der Waals surface area contributed by atoms with Crippen LogP contribution in [0.5, 0.6) is 0 Å². The first-order chi connectivity index (χ1) is 16.5. The minimum absolute atomic E-state index is 0.00721. The third kappa shape index (κ3) is 4.63. The maximum absolute atomic E-state index is 12.9. The van der Waals surface area contributed by atoms with Crippen LogP contribution in [-0.2, 0) is 14.8 Å². The second kappa shape index (κ2) is 9.43. The number of hydrogen-bond acceptors (Lipinski definition) is 4. The maximum atomic E-state index is 12.9. The van der Waals surface area contributed by atoms with Gasteiger partial charge in [-0.1, -0.05) is 32.4 Å². The number of carbonyl (C=O) groups is 1. The van der Waals surface area contributed by atoms with Gasteiger partial charge in [0.2, 0.25) is 15.9 Å². The van der Waals surface area contributed by atoms with Crippen LogP contribution in [0.15, 0.2) is 11.6 Å². The Balaban J connectivity index is 1.22. The molecule has 0 bridgehead atoms. The molecule has 7 heteroatoms. The lowest BCUT2D eigenvalue weighted by Gasteiger charge is -2.58. The zero-order valence-electron chi connectivity index (χ0n) is 22.0. The number of sulfonamides is 1. The zero-order chi connectivity index (χ0) is 25.0. The lowest BCUT2D eigenvalue weighted by Crippen LogP contribution is -2.50. The van der Waals surface area contributed by atoms with Gasteiger partial charge in [0.1, 0.15) is 0 Å². The highest BCUT2D eigenvalue weighted by molar-refractivity contribution is 7.89. The quantitative estimate of drug-likeness (QED) is 0.562. The first-order valence-electron chi connectivity index (χ1n) is 14.2. The number of aliphatic hydroxyl groups is 1. The van der Waals surface area contributed by atoms with E-state index in [-0.39, 0.29) is 23.2 Å². The van der Waals surface area contributed by atoms with Crippen molar-refractivity contribution in [3.63, 3.8) is 0 Å². The molecule has 0 spiro atoms. The van der Waals surface area contributed by atoms with Crippen LogP contribution >= 0.6 is 0 Å². The summed E-state index contributed by atoms with van der Waals surface area (Å²) in [5.41, 5.74) is 2.19. The molecule has 5 aliphatic rings. The number of amides is 1. The standard InChI is InChI=1S/C28H46N2O4S/c1-19(4-9-26(32)30-15-14-29-35(33,34)17-16-30)23-7-8-24-22-6-5-20-18-21(31)10-12-27(20,2)25(22)11-13-28(23,24)3/h5,19,21-25,29,31H,4,6-18H2,1-3H3/t19-,21+,22+,23-,24+,25+,27+,28-/m1/s1. The summed E-state index contributed by atoms with van der Waals surface area (Å²) >= 11 is 0. The lowest BCUT2D eigenvalue weighted by molar-refractivity contribution is -0.131. The van der Waals surface area contributed by atoms with Crippen LogP contribution in [-0.4, -0.2) is 55.8 Å². The Morgan fingerprint density at radius 1 is 1.17 bits per heavy atom. The maximum Gasteiger partial charge on any atom is 0.222 e. The normalized spacial score (nSPS) is 43.8. The van der Waals surface area contributed by atoms with Crippen LogP contribution in [0.25, 0.3) is 0 Å². The van der Waals surface area contributed by atoms with Crippen LogP contribution < -0.4 is 4.72 Å². The number of rotatable bonds is 4. The summed E-state index contributed by atoms with van der Waals surface area (Å²) in [5, 5.41) is 10.3. The van der Waals surface area contributed by atoms with Gasteiger partial charge in [-0.15, -0.1) is 0 Å². The molecule has 0 unspecified atom stereocenters. The summed E-state index contributed by atoms with van der Waals surface area (Å²) < 4.78 is 26.2. The van der Waals surface area contributed by atoms with Crippen LogP contribution in [0.2, 0.25) is 0 Å². The van der Waals surface area contributed by atoms with E-state index < -0.39 is 10.0 Å². The fourth-order valence-electron chi connectivity index (χ4n) is 9.33. The molecular weight excluding hydrogens is 460 g/mol. The minimum atomic E-state index is -3.24. The summed E-state index contributed by atoms with van der Waals surface area (Å²) in [6, 6.07) is 0. The molecule has 1 saturated heterocycles. The van der Waals surface area contributed by atoms with E-state index in [1.54, 1.807) is 10.5 Å². The van der Waals surface area contributed by atoms with Gasteiger partial charge in [0, 0.05) is 26.1 Å². The molecule has 8 atom stereocenters. The van der Waals surface area contributed by atoms with E-state index in [0.717, 1.165) is 43.4 Å². The highest BCUT2D eigenvalue weighted by Gasteiger charge is 2.59. The van der Waals surface area contributed by atoms with E-state index in [9.17, 15) is 18.3 Å². The van der Waals surface area contributed by atoms with Gasteiger partial charge in [0.15, 0.2) is 0 Å². The van der Waals surface area contributed by atoms with Gasteiger partial charge >= 0.3 is 0 Å². The molecule has 0 radical (unpaired) electrons. The average molecular weight is 507 g/mol. The first-order valence-corrected chi connectivity index (χ1v) is 15.8. The molecule has 35 heavy (non-hydrogen) atoms. The van der Waals surface area contributed by atoms with Gasteiger partial charge in [-0.2, -0.15) is 0 Å². The SMILES string of the molecule is C[C@H](CCC(=O)N1CCNS(=O)(=O)CC1)[C@H]1CC[C@H]2[C@@H]3CC=C4C[C@@H](O)CC[C@]4(C)[C@H]3CC[C@]12C. The molecule has 0 aromatic rings. The predicted octanol–water partition coefficient (Wildman–Crippen LogP) is 4.10. The molecule has 0 aromatic carbocycles. The van der Waals surface area contributed by atoms with E-state index in [0.29, 0.717) is 43.3 Å². The van der Waals surface area contributed by atoms with Crippen molar-refractivity contribution in [2.45, 2.75) is 91.1 Å². The van der Waals surface area contributed by atoms with Crippen molar-refractivity contribution < 1.29 is 18.3 Å².